The summed E-state index contributed by atoms with van der Waals surface area (Å²) in [6, 6.07) is -0.799. The lowest BCUT2D eigenvalue weighted by Crippen LogP contribution is -2.53. The van der Waals surface area contributed by atoms with Gasteiger partial charge >= 0.3 is 24.0 Å². The van der Waals surface area contributed by atoms with Crippen molar-refractivity contribution in [2.45, 2.75) is 46.1 Å². The third-order valence-electron chi connectivity index (χ3n) is 5.32. The Kier molecular flexibility index (Phi) is 8.92. The number of amides is 4. The van der Waals surface area contributed by atoms with E-state index in [-0.39, 0.29) is 42.0 Å². The van der Waals surface area contributed by atoms with Crippen LogP contribution >= 0.6 is 0 Å². The number of hydrogen-bond acceptors (Lipinski definition) is 6. The van der Waals surface area contributed by atoms with Crippen molar-refractivity contribution in [3.05, 3.63) is 0 Å². The Morgan fingerprint density at radius 1 is 0.900 bits per heavy atom. The molecule has 10 nitrogen and oxygen atoms in total. The molecule has 0 radical (unpaired) electrons. The molecule has 10 heteroatoms. The fourth-order valence-electron chi connectivity index (χ4n) is 4.24. The molecule has 1 fully saturated rings. The quantitative estimate of drug-likeness (QED) is 0.589. The number of carbonyl (C=O) groups excluding carboxylic acids is 4. The Bertz CT molecular complexity index is 653. The Morgan fingerprint density at radius 3 is 1.90 bits per heavy atom. The number of ether oxygens (including phenoxy) is 2. The van der Waals surface area contributed by atoms with Gasteiger partial charge in [-0.3, -0.25) is 9.59 Å². The van der Waals surface area contributed by atoms with E-state index in [9.17, 15) is 19.2 Å². The highest BCUT2D eigenvalue weighted by molar-refractivity contribution is 5.81. The van der Waals surface area contributed by atoms with Crippen molar-refractivity contribution in [1.29, 1.82) is 0 Å². The molecule has 0 heterocycles. The van der Waals surface area contributed by atoms with Crippen molar-refractivity contribution in [3.8, 4) is 0 Å². The minimum absolute atomic E-state index is 0.0471. The first kappa shape index (κ1) is 25.5. The number of urea groups is 2. The highest BCUT2D eigenvalue weighted by atomic mass is 16.5. The molecule has 0 aromatic carbocycles. The molecule has 0 spiro atoms. The van der Waals surface area contributed by atoms with Crippen LogP contribution in [-0.4, -0.2) is 87.8 Å². The zero-order valence-electron chi connectivity index (χ0n) is 19.2. The number of likely N-dealkylation sites (N-methyl/N-ethyl adjacent to an activating group) is 2. The van der Waals surface area contributed by atoms with E-state index in [0.717, 1.165) is 12.8 Å². The number of rotatable bonds is 7. The number of nitrogens with one attached hydrogen (secondary N) is 2. The summed E-state index contributed by atoms with van der Waals surface area (Å²) in [4.78, 5) is 50.1. The predicted octanol–water partition coefficient (Wildman–Crippen LogP) is 1.20. The number of nitrogens with zero attached hydrogens (tertiary/aromatic N) is 2. The molecule has 30 heavy (non-hydrogen) atoms. The smallest absolute Gasteiger partial charge is 0.325 e. The molecule has 172 valence electrons. The largest absolute Gasteiger partial charge is 0.468 e. The van der Waals surface area contributed by atoms with Crippen LogP contribution in [0.15, 0.2) is 0 Å². The van der Waals surface area contributed by atoms with Crippen LogP contribution in [-0.2, 0) is 19.1 Å². The SMILES string of the molecule is COC(=O)CN(C)C(=O)NCC1(C)CC(NC(=O)N(C)CC(=O)OC)CC(C)(C)C1. The first-order valence-electron chi connectivity index (χ1n) is 9.95. The van der Waals surface area contributed by atoms with E-state index < -0.39 is 11.9 Å². The number of methoxy groups -OCH3 is 2. The van der Waals surface area contributed by atoms with Gasteiger partial charge < -0.3 is 29.9 Å². The van der Waals surface area contributed by atoms with E-state index in [1.165, 1.54) is 38.1 Å². The Morgan fingerprint density at radius 2 is 1.40 bits per heavy atom. The van der Waals surface area contributed by atoms with E-state index in [2.05, 4.69) is 40.9 Å². The molecule has 2 N–H and O–H groups in total. The highest BCUT2D eigenvalue weighted by Crippen LogP contribution is 2.45. The minimum atomic E-state index is -0.489. The van der Waals surface area contributed by atoms with Gasteiger partial charge in [-0.25, -0.2) is 9.59 Å². The van der Waals surface area contributed by atoms with Crippen LogP contribution in [0.2, 0.25) is 0 Å². The maximum Gasteiger partial charge on any atom is 0.325 e. The second-order valence-corrected chi connectivity index (χ2v) is 9.23. The number of esters is 2. The lowest BCUT2D eigenvalue weighted by Gasteiger charge is -2.47. The first-order chi connectivity index (χ1) is 13.8. The van der Waals surface area contributed by atoms with Gasteiger partial charge in [0.25, 0.3) is 0 Å². The van der Waals surface area contributed by atoms with Crippen molar-refractivity contribution < 1.29 is 28.7 Å². The van der Waals surface area contributed by atoms with Crippen LogP contribution in [0.4, 0.5) is 9.59 Å². The maximum absolute atomic E-state index is 12.5. The maximum atomic E-state index is 12.5. The fourth-order valence-corrected chi connectivity index (χ4v) is 4.24. The lowest BCUT2D eigenvalue weighted by molar-refractivity contribution is -0.141. The summed E-state index contributed by atoms with van der Waals surface area (Å²) in [7, 11) is 5.62. The van der Waals surface area contributed by atoms with Crippen molar-refractivity contribution in [3.63, 3.8) is 0 Å². The van der Waals surface area contributed by atoms with Crippen LogP contribution in [0, 0.1) is 10.8 Å². The van der Waals surface area contributed by atoms with Crippen molar-refractivity contribution in [2.75, 3.05) is 47.9 Å². The minimum Gasteiger partial charge on any atom is -0.468 e. The van der Waals surface area contributed by atoms with Gasteiger partial charge in [-0.1, -0.05) is 20.8 Å². The lowest BCUT2D eigenvalue weighted by atomic mass is 9.62. The normalized spacial score (nSPS) is 22.4. The molecular weight excluding hydrogens is 392 g/mol. The molecule has 4 amide bonds. The fraction of sp³-hybridized carbons (Fsp3) is 0.800. The van der Waals surface area contributed by atoms with E-state index in [1.807, 2.05) is 0 Å². The molecule has 0 bridgehead atoms. The molecule has 0 aliphatic heterocycles. The zero-order valence-corrected chi connectivity index (χ0v) is 19.2. The Labute approximate surface area is 178 Å². The van der Waals surface area contributed by atoms with Crippen LogP contribution < -0.4 is 10.6 Å². The monoisotopic (exact) mass is 428 g/mol. The first-order valence-corrected chi connectivity index (χ1v) is 9.95. The van der Waals surface area contributed by atoms with Gasteiger partial charge in [-0.2, -0.15) is 0 Å². The number of hydrogen-bond donors (Lipinski definition) is 2. The highest BCUT2D eigenvalue weighted by Gasteiger charge is 2.42. The van der Waals surface area contributed by atoms with E-state index >= 15 is 0 Å². The van der Waals surface area contributed by atoms with Crippen LogP contribution in [0.1, 0.15) is 40.0 Å². The average molecular weight is 429 g/mol. The standard InChI is InChI=1S/C20H36N4O6/c1-19(2)8-14(22-18(28)24(5)11-16(26)30-7)9-20(3,12-19)13-21-17(27)23(4)10-15(25)29-6/h14H,8-13H2,1-7H3,(H,21,27)(H,22,28). The molecule has 1 saturated carbocycles. The summed E-state index contributed by atoms with van der Waals surface area (Å²) >= 11 is 0. The summed E-state index contributed by atoms with van der Waals surface area (Å²) in [5, 5.41) is 5.88. The summed E-state index contributed by atoms with van der Waals surface area (Å²) in [6.45, 7) is 6.49. The van der Waals surface area contributed by atoms with E-state index in [1.54, 1.807) is 0 Å². The second kappa shape index (κ2) is 10.5. The summed E-state index contributed by atoms with van der Waals surface area (Å²) in [5.41, 5.74) is -0.295. The van der Waals surface area contributed by atoms with E-state index in [0.29, 0.717) is 13.0 Å². The van der Waals surface area contributed by atoms with Crippen molar-refractivity contribution in [1.82, 2.24) is 20.4 Å². The molecule has 1 aliphatic rings. The molecule has 0 aromatic heterocycles. The molecule has 2 unspecified atom stereocenters. The topological polar surface area (TPSA) is 117 Å². The zero-order chi connectivity index (χ0) is 23.1. The molecule has 0 aromatic rings. The van der Waals surface area contributed by atoms with Gasteiger partial charge in [0.05, 0.1) is 14.2 Å². The van der Waals surface area contributed by atoms with Gasteiger partial charge in [0, 0.05) is 26.7 Å². The summed E-state index contributed by atoms with van der Waals surface area (Å²) in [5.74, 6) is -0.975. The third-order valence-corrected chi connectivity index (χ3v) is 5.32. The van der Waals surface area contributed by atoms with Crippen LogP contribution in [0.5, 0.6) is 0 Å². The Hall–Kier alpha value is -2.52. The molecule has 1 aliphatic carbocycles. The van der Waals surface area contributed by atoms with Gasteiger partial charge in [-0.05, 0) is 30.1 Å². The van der Waals surface area contributed by atoms with Gasteiger partial charge in [0.15, 0.2) is 0 Å². The third kappa shape index (κ3) is 8.08. The second-order valence-electron chi connectivity index (χ2n) is 9.23. The summed E-state index contributed by atoms with van der Waals surface area (Å²) in [6.07, 6.45) is 2.33. The molecule has 1 rings (SSSR count). The van der Waals surface area contributed by atoms with Crippen LogP contribution in [0.3, 0.4) is 0 Å². The number of carbonyl (C=O) groups is 4. The molecule has 2 atom stereocenters. The van der Waals surface area contributed by atoms with Gasteiger partial charge in [0.2, 0.25) is 0 Å². The Balaban J connectivity index is 2.71. The average Bonchev–Trinajstić information content (AvgIpc) is 2.63. The predicted molar refractivity (Wildman–Crippen MR) is 111 cm³/mol. The van der Waals surface area contributed by atoms with Crippen molar-refractivity contribution in [2.24, 2.45) is 10.8 Å². The van der Waals surface area contributed by atoms with Gasteiger partial charge in [0.1, 0.15) is 13.1 Å². The van der Waals surface area contributed by atoms with Gasteiger partial charge in [-0.15, -0.1) is 0 Å². The van der Waals surface area contributed by atoms with Crippen molar-refractivity contribution >= 4 is 24.0 Å². The van der Waals surface area contributed by atoms with Crippen LogP contribution in [0.25, 0.3) is 0 Å². The molecule has 0 saturated heterocycles. The van der Waals surface area contributed by atoms with E-state index in [4.69, 9.17) is 0 Å². The molecular formula is C20H36N4O6. The summed E-state index contributed by atoms with van der Waals surface area (Å²) < 4.78 is 9.18.